The van der Waals surface area contributed by atoms with Gasteiger partial charge in [-0.2, -0.15) is 0 Å². The molecule has 0 amide bonds. The second-order valence-corrected chi connectivity index (χ2v) is 10.4. The Kier molecular flexibility index (Phi) is 9.42. The van der Waals surface area contributed by atoms with E-state index in [1.54, 1.807) is 18.3 Å². The van der Waals surface area contributed by atoms with Gasteiger partial charge in [-0.25, -0.2) is 4.57 Å². The summed E-state index contributed by atoms with van der Waals surface area (Å²) in [5, 5.41) is 0. The van der Waals surface area contributed by atoms with Crippen molar-refractivity contribution in [2.45, 2.75) is 82.8 Å². The van der Waals surface area contributed by atoms with Crippen LogP contribution in [0.1, 0.15) is 68.0 Å². The molecule has 4 N–H and O–H groups in total. The van der Waals surface area contributed by atoms with Crippen molar-refractivity contribution in [2.24, 2.45) is 5.73 Å². The molecule has 0 aliphatic heterocycles. The van der Waals surface area contributed by atoms with Crippen molar-refractivity contribution in [1.29, 1.82) is 0 Å². The molecular weight excluding hydrogens is 385 g/mol. The van der Waals surface area contributed by atoms with Crippen LogP contribution in [0, 0.1) is 0 Å². The van der Waals surface area contributed by atoms with Crippen LogP contribution in [0.3, 0.4) is 0 Å². The zero-order valence-corrected chi connectivity index (χ0v) is 18.0. The van der Waals surface area contributed by atoms with Gasteiger partial charge < -0.3 is 20.3 Å². The lowest BCUT2D eigenvalue weighted by molar-refractivity contribution is 0.0265. The van der Waals surface area contributed by atoms with Crippen molar-refractivity contribution in [3.8, 4) is 0 Å². The number of aryl methyl sites for hydroxylation is 2. The highest BCUT2D eigenvalue weighted by Gasteiger charge is 2.24. The van der Waals surface area contributed by atoms with E-state index in [4.69, 9.17) is 20.3 Å². The van der Waals surface area contributed by atoms with E-state index in [0.29, 0.717) is 12.5 Å². The van der Waals surface area contributed by atoms with Crippen molar-refractivity contribution in [3.05, 3.63) is 21.9 Å². The molecule has 1 aliphatic carbocycles. The van der Waals surface area contributed by atoms with Gasteiger partial charge in [-0.15, -0.1) is 11.3 Å². The van der Waals surface area contributed by atoms with Crippen LogP contribution in [0.5, 0.6) is 0 Å². The van der Waals surface area contributed by atoms with Gasteiger partial charge in [0.2, 0.25) is 0 Å². The van der Waals surface area contributed by atoms with Crippen molar-refractivity contribution >= 4 is 19.2 Å². The average Bonchev–Trinajstić information content (AvgIpc) is 3.07. The molecule has 8 heteroatoms. The number of nitrogens with two attached hydrogens (primary N) is 1. The van der Waals surface area contributed by atoms with Crippen LogP contribution in [0.2, 0.25) is 0 Å². The second kappa shape index (κ2) is 11.1. The molecule has 1 fully saturated rings. The molecule has 0 bridgehead atoms. The Morgan fingerprint density at radius 3 is 2.52 bits per heavy atom. The van der Waals surface area contributed by atoms with E-state index in [-0.39, 0.29) is 6.61 Å². The third kappa shape index (κ3) is 10.2. The fourth-order valence-corrected chi connectivity index (χ4v) is 4.81. The Hall–Kier alpha value is -0.270. The maximum absolute atomic E-state index is 10.8. The van der Waals surface area contributed by atoms with Gasteiger partial charge in [-0.1, -0.05) is 19.3 Å². The molecule has 1 aromatic heterocycles. The van der Waals surface area contributed by atoms with E-state index >= 15 is 0 Å². The molecule has 2 rings (SSSR count). The van der Waals surface area contributed by atoms with Gasteiger partial charge in [0.15, 0.2) is 0 Å². The largest absolute Gasteiger partial charge is 0.469 e. The minimum absolute atomic E-state index is 0.156. The molecule has 0 aromatic carbocycles. The predicted molar refractivity (Wildman–Crippen MR) is 109 cm³/mol. The van der Waals surface area contributed by atoms with E-state index in [0.717, 1.165) is 32.3 Å². The zero-order valence-electron chi connectivity index (χ0n) is 16.3. The first-order chi connectivity index (χ1) is 12.7. The van der Waals surface area contributed by atoms with E-state index in [2.05, 4.69) is 16.7 Å². The molecule has 0 radical (unpaired) electrons. The second-order valence-electron chi connectivity index (χ2n) is 7.87. The molecule has 27 heavy (non-hydrogen) atoms. The molecule has 1 aromatic rings. The number of phosphoric ester groups is 1. The summed E-state index contributed by atoms with van der Waals surface area (Å²) >= 11 is 1.79. The minimum Gasteiger partial charge on any atom is -0.378 e. The molecule has 1 unspecified atom stereocenters. The smallest absolute Gasteiger partial charge is 0.378 e. The summed E-state index contributed by atoms with van der Waals surface area (Å²) in [6.45, 7) is 2.47. The number of rotatable bonds is 12. The monoisotopic (exact) mass is 419 g/mol. The van der Waals surface area contributed by atoms with Crippen LogP contribution >= 0.6 is 19.2 Å². The Morgan fingerprint density at radius 2 is 1.85 bits per heavy atom. The zero-order chi connectivity index (χ0) is 19.8. The SMILES string of the molecule is CC(N)(CCc1ccc(CCCCOC2CCCCC2)s1)COP(=O)(O)O. The Labute approximate surface area is 166 Å². The molecule has 6 nitrogen and oxygen atoms in total. The van der Waals surface area contributed by atoms with Gasteiger partial charge >= 0.3 is 7.82 Å². The van der Waals surface area contributed by atoms with Gasteiger partial charge in [-0.05, 0) is 64.0 Å². The van der Waals surface area contributed by atoms with Crippen molar-refractivity contribution in [3.63, 3.8) is 0 Å². The number of hydrogen-bond donors (Lipinski definition) is 3. The fourth-order valence-electron chi connectivity index (χ4n) is 3.29. The lowest BCUT2D eigenvalue weighted by Gasteiger charge is -2.24. The van der Waals surface area contributed by atoms with Crippen molar-refractivity contribution in [2.75, 3.05) is 13.2 Å². The first-order valence-electron chi connectivity index (χ1n) is 9.92. The summed E-state index contributed by atoms with van der Waals surface area (Å²) in [7, 11) is -4.47. The predicted octanol–water partition coefficient (Wildman–Crippen LogP) is 4.18. The van der Waals surface area contributed by atoms with Crippen molar-refractivity contribution < 1.29 is 23.6 Å². The van der Waals surface area contributed by atoms with Crippen molar-refractivity contribution in [1.82, 2.24) is 0 Å². The highest BCUT2D eigenvalue weighted by atomic mass is 32.1. The summed E-state index contributed by atoms with van der Waals surface area (Å²) in [4.78, 5) is 20.2. The normalized spacial score (nSPS) is 18.5. The molecule has 1 aliphatic rings. The topological polar surface area (TPSA) is 102 Å². The van der Waals surface area contributed by atoms with Crippen LogP contribution in [0.4, 0.5) is 0 Å². The molecule has 1 atom stereocenters. The van der Waals surface area contributed by atoms with Gasteiger partial charge in [0.25, 0.3) is 0 Å². The molecule has 1 saturated carbocycles. The molecule has 1 heterocycles. The number of thiophene rings is 1. The van der Waals surface area contributed by atoms with Gasteiger partial charge in [0.1, 0.15) is 0 Å². The Bertz CT molecular complexity index is 595. The van der Waals surface area contributed by atoms with Gasteiger partial charge in [0.05, 0.1) is 12.7 Å². The summed E-state index contributed by atoms with van der Waals surface area (Å²) < 4.78 is 21.3. The third-order valence-electron chi connectivity index (χ3n) is 4.95. The van der Waals surface area contributed by atoms with Gasteiger partial charge in [-0.3, -0.25) is 4.52 Å². The van der Waals surface area contributed by atoms with E-state index in [1.165, 1.54) is 41.9 Å². The highest BCUT2D eigenvalue weighted by molar-refractivity contribution is 7.46. The lowest BCUT2D eigenvalue weighted by Crippen LogP contribution is -2.41. The highest BCUT2D eigenvalue weighted by Crippen LogP contribution is 2.37. The number of phosphoric acid groups is 1. The van der Waals surface area contributed by atoms with Crippen LogP contribution < -0.4 is 5.73 Å². The summed E-state index contributed by atoms with van der Waals surface area (Å²) in [5.74, 6) is 0. The van der Waals surface area contributed by atoms with Crippen LogP contribution in [-0.2, 0) is 26.7 Å². The first-order valence-corrected chi connectivity index (χ1v) is 12.3. The van der Waals surface area contributed by atoms with Crippen LogP contribution in [0.15, 0.2) is 12.1 Å². The fraction of sp³-hybridized carbons (Fsp3) is 0.789. The average molecular weight is 420 g/mol. The standard InChI is InChI=1S/C19H34NO5PS/c1-19(20,15-25-26(21,22)23)13-12-18-11-10-17(27-18)9-5-6-14-24-16-7-3-2-4-8-16/h10-11,16H,2-9,12-15,20H2,1H3,(H2,21,22,23). The lowest BCUT2D eigenvalue weighted by atomic mass is 9.98. The summed E-state index contributed by atoms with van der Waals surface area (Å²) in [6.07, 6.45) is 11.6. The van der Waals surface area contributed by atoms with Crippen LogP contribution in [-0.4, -0.2) is 34.6 Å². The third-order valence-corrected chi connectivity index (χ3v) is 6.62. The quantitative estimate of drug-likeness (QED) is 0.347. The molecule has 0 saturated heterocycles. The first kappa shape index (κ1) is 23.0. The number of ether oxygens (including phenoxy) is 1. The molecule has 0 spiro atoms. The van der Waals surface area contributed by atoms with E-state index in [9.17, 15) is 4.57 Å². The van der Waals surface area contributed by atoms with E-state index in [1.807, 2.05) is 0 Å². The van der Waals surface area contributed by atoms with E-state index < -0.39 is 13.4 Å². The minimum atomic E-state index is -4.47. The van der Waals surface area contributed by atoms with Gasteiger partial charge in [0, 0.05) is 21.9 Å². The maximum Gasteiger partial charge on any atom is 0.469 e. The number of hydrogen-bond acceptors (Lipinski definition) is 5. The maximum atomic E-state index is 10.8. The Balaban J connectivity index is 1.60. The summed E-state index contributed by atoms with van der Waals surface area (Å²) in [5.41, 5.74) is 5.31. The summed E-state index contributed by atoms with van der Waals surface area (Å²) in [6, 6.07) is 4.29. The van der Waals surface area contributed by atoms with Crippen LogP contribution in [0.25, 0.3) is 0 Å². The number of unbranched alkanes of at least 4 members (excludes halogenated alkanes) is 1. The molecule has 156 valence electrons. The Morgan fingerprint density at radius 1 is 1.19 bits per heavy atom. The molecular formula is C19H34NO5PS.